The molecule has 0 fully saturated rings. The van der Waals surface area contributed by atoms with Gasteiger partial charge in [0.05, 0.1) is 0 Å². The molecule has 0 aliphatic carbocycles. The van der Waals surface area contributed by atoms with Crippen molar-refractivity contribution in [3.05, 3.63) is 28.6 Å². The maximum absolute atomic E-state index is 10.9. The van der Waals surface area contributed by atoms with Crippen molar-refractivity contribution < 1.29 is 4.79 Å². The SMILES string of the molecule is CSc1c(C=O)cc(C)c2ccsc12. The summed E-state index contributed by atoms with van der Waals surface area (Å²) in [5.74, 6) is 0. The van der Waals surface area contributed by atoms with Gasteiger partial charge in [-0.2, -0.15) is 0 Å². The second-order valence-corrected chi connectivity index (χ2v) is 4.83. The zero-order valence-corrected chi connectivity index (χ0v) is 9.67. The lowest BCUT2D eigenvalue weighted by molar-refractivity contribution is 0.112. The fourth-order valence-electron chi connectivity index (χ4n) is 1.60. The number of carbonyl (C=O) groups excluding carboxylic acids is 1. The predicted octanol–water partition coefficient (Wildman–Crippen LogP) is 3.74. The van der Waals surface area contributed by atoms with Crippen molar-refractivity contribution >= 4 is 39.5 Å². The molecule has 2 aromatic rings. The van der Waals surface area contributed by atoms with E-state index in [1.165, 1.54) is 15.6 Å². The van der Waals surface area contributed by atoms with Crippen LogP contribution in [0.4, 0.5) is 0 Å². The van der Waals surface area contributed by atoms with Crippen LogP contribution < -0.4 is 0 Å². The van der Waals surface area contributed by atoms with Gasteiger partial charge in [-0.3, -0.25) is 4.79 Å². The zero-order valence-electron chi connectivity index (χ0n) is 8.03. The minimum absolute atomic E-state index is 0.810. The van der Waals surface area contributed by atoms with Gasteiger partial charge in [0.25, 0.3) is 0 Å². The molecule has 0 saturated heterocycles. The number of carbonyl (C=O) groups is 1. The largest absolute Gasteiger partial charge is 0.298 e. The van der Waals surface area contributed by atoms with Crippen molar-refractivity contribution in [3.63, 3.8) is 0 Å². The van der Waals surface area contributed by atoms with Crippen LogP contribution >= 0.6 is 23.1 Å². The van der Waals surface area contributed by atoms with Crippen molar-refractivity contribution in [3.8, 4) is 0 Å². The van der Waals surface area contributed by atoms with Gasteiger partial charge in [-0.05, 0) is 41.6 Å². The molecule has 0 spiro atoms. The molecule has 1 nitrogen and oxygen atoms in total. The van der Waals surface area contributed by atoms with E-state index >= 15 is 0 Å². The molecule has 0 unspecified atom stereocenters. The third kappa shape index (κ3) is 1.37. The standard InChI is InChI=1S/C11H10OS2/c1-7-5-8(6-12)10(13-2)11-9(7)3-4-14-11/h3-6H,1-2H3. The monoisotopic (exact) mass is 222 g/mol. The molecular weight excluding hydrogens is 212 g/mol. The molecule has 0 aliphatic rings. The summed E-state index contributed by atoms with van der Waals surface area (Å²) in [5, 5.41) is 3.34. The summed E-state index contributed by atoms with van der Waals surface area (Å²) in [7, 11) is 0. The lowest BCUT2D eigenvalue weighted by atomic mass is 10.1. The van der Waals surface area contributed by atoms with Crippen LogP contribution in [0.15, 0.2) is 22.4 Å². The predicted molar refractivity (Wildman–Crippen MR) is 63.7 cm³/mol. The van der Waals surface area contributed by atoms with Crippen molar-refractivity contribution in [2.24, 2.45) is 0 Å². The normalized spacial score (nSPS) is 10.7. The number of thioether (sulfide) groups is 1. The number of benzene rings is 1. The van der Waals surface area contributed by atoms with E-state index in [0.717, 1.165) is 16.7 Å². The molecule has 1 aromatic heterocycles. The Morgan fingerprint density at radius 2 is 2.29 bits per heavy atom. The van der Waals surface area contributed by atoms with Crippen LogP contribution in [0.3, 0.4) is 0 Å². The maximum Gasteiger partial charge on any atom is 0.151 e. The van der Waals surface area contributed by atoms with Gasteiger partial charge < -0.3 is 0 Å². The highest BCUT2D eigenvalue weighted by molar-refractivity contribution is 7.99. The summed E-state index contributed by atoms with van der Waals surface area (Å²) in [4.78, 5) is 12.0. The quantitative estimate of drug-likeness (QED) is 0.568. The van der Waals surface area contributed by atoms with E-state index in [1.54, 1.807) is 23.1 Å². The van der Waals surface area contributed by atoms with Crippen molar-refractivity contribution in [1.82, 2.24) is 0 Å². The molecule has 0 amide bonds. The molecule has 1 aromatic carbocycles. The lowest BCUT2D eigenvalue weighted by Gasteiger charge is -2.05. The molecule has 72 valence electrons. The van der Waals surface area contributed by atoms with Gasteiger partial charge in [-0.15, -0.1) is 23.1 Å². The summed E-state index contributed by atoms with van der Waals surface area (Å²) in [6.45, 7) is 2.05. The van der Waals surface area contributed by atoms with Crippen LogP contribution in [-0.4, -0.2) is 12.5 Å². The highest BCUT2D eigenvalue weighted by Crippen LogP contribution is 2.35. The molecule has 14 heavy (non-hydrogen) atoms. The minimum atomic E-state index is 0.810. The summed E-state index contributed by atoms with van der Waals surface area (Å²) in [6, 6.07) is 4.08. The highest BCUT2D eigenvalue weighted by atomic mass is 32.2. The first-order chi connectivity index (χ1) is 6.77. The van der Waals surface area contributed by atoms with Gasteiger partial charge in [-0.1, -0.05) is 0 Å². The molecule has 1 heterocycles. The Hall–Kier alpha value is -0.800. The third-order valence-electron chi connectivity index (χ3n) is 2.26. The molecule has 0 bridgehead atoms. The Kier molecular flexibility index (Phi) is 2.61. The Balaban J connectivity index is 2.88. The third-order valence-corrected chi connectivity index (χ3v) is 4.17. The first-order valence-electron chi connectivity index (χ1n) is 4.28. The van der Waals surface area contributed by atoms with Crippen LogP contribution in [0.25, 0.3) is 10.1 Å². The molecule has 2 rings (SSSR count). The Morgan fingerprint density at radius 3 is 2.93 bits per heavy atom. The zero-order chi connectivity index (χ0) is 10.1. The summed E-state index contributed by atoms with van der Waals surface area (Å²) >= 11 is 3.34. The van der Waals surface area contributed by atoms with E-state index in [0.29, 0.717) is 0 Å². The molecule has 3 heteroatoms. The number of hydrogen-bond acceptors (Lipinski definition) is 3. The van der Waals surface area contributed by atoms with Gasteiger partial charge in [0.2, 0.25) is 0 Å². The van der Waals surface area contributed by atoms with Gasteiger partial charge in [-0.25, -0.2) is 0 Å². The van der Waals surface area contributed by atoms with Gasteiger partial charge in [0.1, 0.15) is 0 Å². The first-order valence-corrected chi connectivity index (χ1v) is 6.38. The molecular formula is C11H10OS2. The molecule has 0 saturated carbocycles. The second-order valence-electron chi connectivity index (χ2n) is 3.10. The fraction of sp³-hybridized carbons (Fsp3) is 0.182. The number of aldehydes is 1. The Bertz CT molecular complexity index is 485. The topological polar surface area (TPSA) is 17.1 Å². The maximum atomic E-state index is 10.9. The van der Waals surface area contributed by atoms with Crippen LogP contribution in [0.2, 0.25) is 0 Å². The van der Waals surface area contributed by atoms with Crippen molar-refractivity contribution in [2.75, 3.05) is 6.26 Å². The number of aryl methyl sites for hydroxylation is 1. The number of fused-ring (bicyclic) bond motifs is 1. The van der Waals surface area contributed by atoms with Crippen molar-refractivity contribution in [2.45, 2.75) is 11.8 Å². The molecule has 0 atom stereocenters. The first kappa shape index (κ1) is 9.74. The lowest BCUT2D eigenvalue weighted by Crippen LogP contribution is -1.87. The van der Waals surface area contributed by atoms with Crippen LogP contribution in [-0.2, 0) is 0 Å². The summed E-state index contributed by atoms with van der Waals surface area (Å²) in [5.41, 5.74) is 1.99. The molecule has 0 radical (unpaired) electrons. The number of rotatable bonds is 2. The van der Waals surface area contributed by atoms with Gasteiger partial charge in [0.15, 0.2) is 6.29 Å². The molecule has 0 N–H and O–H groups in total. The second kappa shape index (κ2) is 3.75. The van der Waals surface area contributed by atoms with Gasteiger partial charge in [0, 0.05) is 15.2 Å². The summed E-state index contributed by atoms with van der Waals surface area (Å²) < 4.78 is 1.24. The number of hydrogen-bond donors (Lipinski definition) is 0. The number of thiophene rings is 1. The van der Waals surface area contributed by atoms with E-state index in [2.05, 4.69) is 11.4 Å². The van der Waals surface area contributed by atoms with Gasteiger partial charge >= 0.3 is 0 Å². The van der Waals surface area contributed by atoms with E-state index in [-0.39, 0.29) is 0 Å². The fourth-order valence-corrected chi connectivity index (χ4v) is 3.55. The van der Waals surface area contributed by atoms with Crippen LogP contribution in [0.1, 0.15) is 15.9 Å². The summed E-state index contributed by atoms with van der Waals surface area (Å²) in [6.07, 6.45) is 2.95. The van der Waals surface area contributed by atoms with Crippen LogP contribution in [0.5, 0.6) is 0 Å². The van der Waals surface area contributed by atoms with E-state index in [1.807, 2.05) is 19.2 Å². The minimum Gasteiger partial charge on any atom is -0.298 e. The Morgan fingerprint density at radius 1 is 1.50 bits per heavy atom. The Labute approximate surface area is 91.1 Å². The van der Waals surface area contributed by atoms with E-state index < -0.39 is 0 Å². The average Bonchev–Trinajstić information content (AvgIpc) is 2.66. The average molecular weight is 222 g/mol. The molecule has 0 aliphatic heterocycles. The smallest absolute Gasteiger partial charge is 0.151 e. The van der Waals surface area contributed by atoms with Crippen molar-refractivity contribution in [1.29, 1.82) is 0 Å². The highest BCUT2D eigenvalue weighted by Gasteiger charge is 2.09. The van der Waals surface area contributed by atoms with Crippen LogP contribution in [0, 0.1) is 6.92 Å². The van der Waals surface area contributed by atoms with E-state index in [4.69, 9.17) is 0 Å². The van der Waals surface area contributed by atoms with E-state index in [9.17, 15) is 4.79 Å².